The van der Waals surface area contributed by atoms with Gasteiger partial charge in [0.25, 0.3) is 0 Å². The molecule has 4 nitrogen and oxygen atoms in total. The van der Waals surface area contributed by atoms with Gasteiger partial charge in [-0.1, -0.05) is 13.3 Å². The number of hydrogen-bond donors (Lipinski definition) is 1. The second kappa shape index (κ2) is 7.21. The van der Waals surface area contributed by atoms with Crippen LogP contribution in [0.15, 0.2) is 0 Å². The van der Waals surface area contributed by atoms with Crippen LogP contribution in [0.25, 0.3) is 0 Å². The number of rotatable bonds is 7. The van der Waals surface area contributed by atoms with Crippen molar-refractivity contribution in [3.05, 3.63) is 0 Å². The molecule has 2 atom stereocenters. The first-order chi connectivity index (χ1) is 9.64. The summed E-state index contributed by atoms with van der Waals surface area (Å²) in [4.78, 5) is 7.70. The zero-order valence-electron chi connectivity index (χ0n) is 13.8. The predicted molar refractivity (Wildman–Crippen MR) is 86.0 cm³/mol. The largest absolute Gasteiger partial charge is 0.329 e. The van der Waals surface area contributed by atoms with Crippen molar-refractivity contribution in [2.24, 2.45) is 5.73 Å². The molecule has 0 radical (unpaired) electrons. The van der Waals surface area contributed by atoms with Gasteiger partial charge in [-0.25, -0.2) is 0 Å². The van der Waals surface area contributed by atoms with Crippen molar-refractivity contribution < 1.29 is 0 Å². The summed E-state index contributed by atoms with van der Waals surface area (Å²) in [6.45, 7) is 9.17. The minimum atomic E-state index is 0.251. The smallest absolute Gasteiger partial charge is 0.0498 e. The molecule has 20 heavy (non-hydrogen) atoms. The Labute approximate surface area is 125 Å². The van der Waals surface area contributed by atoms with E-state index in [1.807, 2.05) is 0 Å². The number of fused-ring (bicyclic) bond motifs is 1. The number of hydrogen-bond acceptors (Lipinski definition) is 4. The lowest BCUT2D eigenvalue weighted by Gasteiger charge is -2.47. The number of nitrogens with zero attached hydrogens (tertiary/aromatic N) is 3. The maximum Gasteiger partial charge on any atom is 0.0498 e. The summed E-state index contributed by atoms with van der Waals surface area (Å²) in [5, 5.41) is 0. The van der Waals surface area contributed by atoms with Gasteiger partial charge in [0, 0.05) is 31.2 Å². The van der Waals surface area contributed by atoms with Crippen molar-refractivity contribution in [3.63, 3.8) is 0 Å². The molecular formula is C16H34N4. The van der Waals surface area contributed by atoms with Gasteiger partial charge in [0.15, 0.2) is 0 Å². The van der Waals surface area contributed by atoms with E-state index in [1.54, 1.807) is 0 Å². The molecule has 0 bridgehead atoms. The molecule has 2 fully saturated rings. The molecule has 2 aliphatic heterocycles. The van der Waals surface area contributed by atoms with Crippen LogP contribution < -0.4 is 5.73 Å². The van der Waals surface area contributed by atoms with Gasteiger partial charge >= 0.3 is 0 Å². The van der Waals surface area contributed by atoms with Gasteiger partial charge in [-0.15, -0.1) is 0 Å². The minimum Gasteiger partial charge on any atom is -0.329 e. The van der Waals surface area contributed by atoms with Gasteiger partial charge in [-0.3, -0.25) is 9.80 Å². The Balaban J connectivity index is 2.03. The molecule has 0 aromatic carbocycles. The maximum absolute atomic E-state index is 6.31. The zero-order chi connectivity index (χ0) is 14.6. The van der Waals surface area contributed by atoms with Crippen LogP contribution in [0.5, 0.6) is 0 Å². The third kappa shape index (κ3) is 3.19. The van der Waals surface area contributed by atoms with Crippen molar-refractivity contribution in [1.82, 2.24) is 14.7 Å². The molecule has 2 unspecified atom stereocenters. The molecule has 0 aliphatic carbocycles. The fourth-order valence-electron chi connectivity index (χ4n) is 4.38. The standard InChI is InChI=1S/C16H34N4/c1-4-20(12-7-10-18(2)3)16(14-17)9-13-19-11-6-5-8-15(16)19/h15H,4-14,17H2,1-3H3. The third-order valence-corrected chi connectivity index (χ3v) is 5.46. The fourth-order valence-corrected chi connectivity index (χ4v) is 4.38. The van der Waals surface area contributed by atoms with E-state index in [0.29, 0.717) is 6.04 Å². The van der Waals surface area contributed by atoms with Crippen LogP contribution >= 0.6 is 0 Å². The van der Waals surface area contributed by atoms with Crippen molar-refractivity contribution in [1.29, 1.82) is 0 Å². The summed E-state index contributed by atoms with van der Waals surface area (Å²) in [5.41, 5.74) is 6.56. The SMILES string of the molecule is CCN(CCCN(C)C)C1(CN)CCN2CCCCC21. The highest BCUT2D eigenvalue weighted by atomic mass is 15.3. The molecule has 2 rings (SSSR count). The predicted octanol–water partition coefficient (Wildman–Crippen LogP) is 1.22. The summed E-state index contributed by atoms with van der Waals surface area (Å²) in [6.07, 6.45) is 6.63. The van der Waals surface area contributed by atoms with Crippen molar-refractivity contribution in [2.45, 2.75) is 50.6 Å². The van der Waals surface area contributed by atoms with Crippen LogP contribution in [0.3, 0.4) is 0 Å². The molecule has 0 spiro atoms. The monoisotopic (exact) mass is 282 g/mol. The van der Waals surface area contributed by atoms with E-state index in [-0.39, 0.29) is 5.54 Å². The van der Waals surface area contributed by atoms with Crippen LogP contribution in [0.1, 0.15) is 39.0 Å². The van der Waals surface area contributed by atoms with Crippen LogP contribution in [-0.4, -0.2) is 79.6 Å². The normalized spacial score (nSPS) is 31.2. The minimum absolute atomic E-state index is 0.251. The molecule has 0 aromatic rings. The van der Waals surface area contributed by atoms with Crippen molar-refractivity contribution in [3.8, 4) is 0 Å². The van der Waals surface area contributed by atoms with Gasteiger partial charge in [-0.2, -0.15) is 0 Å². The number of nitrogens with two attached hydrogens (primary N) is 1. The lowest BCUT2D eigenvalue weighted by molar-refractivity contribution is 0.0390. The highest BCUT2D eigenvalue weighted by molar-refractivity contribution is 5.08. The molecule has 2 saturated heterocycles. The Kier molecular flexibility index (Phi) is 5.84. The Bertz CT molecular complexity index is 294. The van der Waals surface area contributed by atoms with E-state index < -0.39 is 0 Å². The molecule has 4 heteroatoms. The molecule has 0 saturated carbocycles. The van der Waals surface area contributed by atoms with Gasteiger partial charge in [-0.05, 0) is 59.4 Å². The second-order valence-corrected chi connectivity index (χ2v) is 6.84. The number of likely N-dealkylation sites (N-methyl/N-ethyl adjacent to an activating group) is 1. The highest BCUT2D eigenvalue weighted by Crippen LogP contribution is 2.38. The van der Waals surface area contributed by atoms with Gasteiger partial charge in [0.2, 0.25) is 0 Å². The first-order valence-electron chi connectivity index (χ1n) is 8.48. The molecule has 2 N–H and O–H groups in total. The van der Waals surface area contributed by atoms with Crippen molar-refractivity contribution in [2.75, 3.05) is 53.4 Å². The summed E-state index contributed by atoms with van der Waals surface area (Å²) in [5.74, 6) is 0. The second-order valence-electron chi connectivity index (χ2n) is 6.84. The Morgan fingerprint density at radius 2 is 2.00 bits per heavy atom. The van der Waals surface area contributed by atoms with E-state index in [1.165, 1.54) is 58.3 Å². The summed E-state index contributed by atoms with van der Waals surface area (Å²) < 4.78 is 0. The zero-order valence-corrected chi connectivity index (χ0v) is 13.8. The fraction of sp³-hybridized carbons (Fsp3) is 1.00. The van der Waals surface area contributed by atoms with Crippen LogP contribution in [0.2, 0.25) is 0 Å². The first kappa shape index (κ1) is 16.2. The first-order valence-corrected chi connectivity index (χ1v) is 8.48. The summed E-state index contributed by atoms with van der Waals surface area (Å²) >= 11 is 0. The van der Waals surface area contributed by atoms with Gasteiger partial charge < -0.3 is 10.6 Å². The lowest BCUT2D eigenvalue weighted by atomic mass is 9.83. The van der Waals surface area contributed by atoms with E-state index in [4.69, 9.17) is 5.73 Å². The van der Waals surface area contributed by atoms with Gasteiger partial charge in [0.1, 0.15) is 0 Å². The maximum atomic E-state index is 6.31. The highest BCUT2D eigenvalue weighted by Gasteiger charge is 2.49. The summed E-state index contributed by atoms with van der Waals surface area (Å²) in [6, 6.07) is 0.709. The lowest BCUT2D eigenvalue weighted by Crippen LogP contribution is -2.62. The van der Waals surface area contributed by atoms with Crippen LogP contribution in [0.4, 0.5) is 0 Å². The average molecular weight is 282 g/mol. The van der Waals surface area contributed by atoms with Crippen molar-refractivity contribution >= 4 is 0 Å². The topological polar surface area (TPSA) is 35.7 Å². The summed E-state index contributed by atoms with van der Waals surface area (Å²) in [7, 11) is 4.32. The Morgan fingerprint density at radius 1 is 1.20 bits per heavy atom. The molecule has 2 heterocycles. The number of piperidine rings is 1. The van der Waals surface area contributed by atoms with E-state index in [2.05, 4.69) is 35.7 Å². The third-order valence-electron chi connectivity index (χ3n) is 5.46. The van der Waals surface area contributed by atoms with E-state index in [0.717, 1.165) is 13.1 Å². The molecular weight excluding hydrogens is 248 g/mol. The molecule has 0 amide bonds. The Morgan fingerprint density at radius 3 is 2.65 bits per heavy atom. The average Bonchev–Trinajstić information content (AvgIpc) is 2.83. The molecule has 0 aromatic heterocycles. The molecule has 118 valence electrons. The van der Waals surface area contributed by atoms with E-state index in [9.17, 15) is 0 Å². The molecule has 2 aliphatic rings. The Hall–Kier alpha value is -0.160. The van der Waals surface area contributed by atoms with Gasteiger partial charge in [0.05, 0.1) is 0 Å². The van der Waals surface area contributed by atoms with Crippen LogP contribution in [0, 0.1) is 0 Å². The van der Waals surface area contributed by atoms with E-state index >= 15 is 0 Å². The van der Waals surface area contributed by atoms with Crippen LogP contribution in [-0.2, 0) is 0 Å². The quantitative estimate of drug-likeness (QED) is 0.761.